The van der Waals surface area contributed by atoms with Crippen molar-refractivity contribution < 1.29 is 14.3 Å². The van der Waals surface area contributed by atoms with Crippen molar-refractivity contribution in [2.24, 2.45) is 29.1 Å². The summed E-state index contributed by atoms with van der Waals surface area (Å²) >= 11 is 0. The largest absolute Gasteiger partial charge is 0.392 e. The van der Waals surface area contributed by atoms with Gasteiger partial charge in [-0.2, -0.15) is 0 Å². The third kappa shape index (κ3) is 2.41. The van der Waals surface area contributed by atoms with E-state index in [4.69, 9.17) is 4.74 Å². The number of rotatable bonds is 2. The van der Waals surface area contributed by atoms with Gasteiger partial charge in [-0.1, -0.05) is 0 Å². The van der Waals surface area contributed by atoms with Gasteiger partial charge >= 0.3 is 11.9 Å². The van der Waals surface area contributed by atoms with Crippen LogP contribution in [0.5, 0.6) is 0 Å². The van der Waals surface area contributed by atoms with Crippen LogP contribution < -0.4 is 5.32 Å². The van der Waals surface area contributed by atoms with Gasteiger partial charge in [0, 0.05) is 5.54 Å². The van der Waals surface area contributed by atoms with Gasteiger partial charge in [0.25, 0.3) is 0 Å². The van der Waals surface area contributed by atoms with Crippen LogP contribution in [-0.4, -0.2) is 24.5 Å². The van der Waals surface area contributed by atoms with Crippen LogP contribution in [-0.2, 0) is 14.3 Å². The van der Waals surface area contributed by atoms with Crippen molar-refractivity contribution in [1.29, 1.82) is 0 Å². The molecule has 4 rings (SSSR count). The van der Waals surface area contributed by atoms with E-state index in [1.807, 2.05) is 7.05 Å². The minimum atomic E-state index is -0.631. The molecular weight excluding hydrogens is 266 g/mol. The fraction of sp³-hybridized carbons (Fsp3) is 0.882. The molecule has 4 aliphatic rings. The van der Waals surface area contributed by atoms with Gasteiger partial charge in [0.05, 0.1) is 11.3 Å². The molecule has 0 amide bonds. The van der Waals surface area contributed by atoms with E-state index in [1.54, 1.807) is 20.8 Å². The summed E-state index contributed by atoms with van der Waals surface area (Å²) in [7, 11) is 1.96. The summed E-state index contributed by atoms with van der Waals surface area (Å²) in [6.45, 7) is 5.36. The van der Waals surface area contributed by atoms with Gasteiger partial charge in [0.1, 0.15) is 0 Å². The summed E-state index contributed by atoms with van der Waals surface area (Å²) in [6.07, 6.45) is 5.69. The Morgan fingerprint density at radius 3 is 2.14 bits per heavy atom. The van der Waals surface area contributed by atoms with Gasteiger partial charge in [-0.05, 0) is 77.7 Å². The van der Waals surface area contributed by atoms with Gasteiger partial charge < -0.3 is 10.1 Å². The van der Waals surface area contributed by atoms with Crippen LogP contribution in [0.25, 0.3) is 0 Å². The molecule has 3 atom stereocenters. The molecule has 0 aromatic rings. The average Bonchev–Trinajstić information content (AvgIpc) is 2.36. The number of hydrogen-bond acceptors (Lipinski definition) is 4. The van der Waals surface area contributed by atoms with Crippen molar-refractivity contribution >= 4 is 11.9 Å². The van der Waals surface area contributed by atoms with Gasteiger partial charge in [0.2, 0.25) is 0 Å². The Bertz CT molecular complexity index is 451. The smallest absolute Gasteiger partial charge is 0.318 e. The second kappa shape index (κ2) is 4.80. The Balaban J connectivity index is 1.80. The molecule has 118 valence electrons. The molecule has 4 heteroatoms. The number of ether oxygens (including phenoxy) is 1. The van der Waals surface area contributed by atoms with Crippen molar-refractivity contribution in [1.82, 2.24) is 5.32 Å². The normalized spacial score (nSPS) is 41.1. The standard InChI is InChI=1S/C17H27NO3/c1-16(2,3)15(20)21-14(19)13-12-6-10-5-11(7-12)9-17(13,8-10)18-4/h10-13,18H,5-9H2,1-4H3. The number of esters is 2. The summed E-state index contributed by atoms with van der Waals surface area (Å²) in [5.74, 6) is 1.03. The van der Waals surface area contributed by atoms with E-state index in [0.717, 1.165) is 37.5 Å². The van der Waals surface area contributed by atoms with Gasteiger partial charge in [0.15, 0.2) is 0 Å². The van der Waals surface area contributed by atoms with E-state index in [-0.39, 0.29) is 17.4 Å². The first-order chi connectivity index (χ1) is 9.75. The third-order valence-electron chi connectivity index (χ3n) is 5.87. The molecular formula is C17H27NO3. The molecule has 21 heavy (non-hydrogen) atoms. The van der Waals surface area contributed by atoms with Crippen LogP contribution in [0.2, 0.25) is 0 Å². The number of carbonyl (C=O) groups excluding carboxylic acids is 2. The lowest BCUT2D eigenvalue weighted by atomic mass is 9.48. The molecule has 0 radical (unpaired) electrons. The topological polar surface area (TPSA) is 55.4 Å². The molecule has 4 nitrogen and oxygen atoms in total. The zero-order chi connectivity index (χ0) is 15.4. The lowest BCUT2D eigenvalue weighted by Crippen LogP contribution is -2.65. The van der Waals surface area contributed by atoms with Crippen LogP contribution in [0, 0.1) is 29.1 Å². The first-order valence-electron chi connectivity index (χ1n) is 8.20. The maximum Gasteiger partial charge on any atom is 0.318 e. The minimum Gasteiger partial charge on any atom is -0.392 e. The molecule has 0 aliphatic heterocycles. The molecule has 0 heterocycles. The molecule has 0 aromatic carbocycles. The second-order valence-corrected chi connectivity index (χ2v) is 8.45. The van der Waals surface area contributed by atoms with E-state index in [1.165, 1.54) is 6.42 Å². The summed E-state index contributed by atoms with van der Waals surface area (Å²) in [6, 6.07) is 0. The van der Waals surface area contributed by atoms with E-state index >= 15 is 0 Å². The minimum absolute atomic E-state index is 0.135. The third-order valence-corrected chi connectivity index (χ3v) is 5.87. The molecule has 4 bridgehead atoms. The van der Waals surface area contributed by atoms with Gasteiger partial charge in [-0.25, -0.2) is 0 Å². The van der Waals surface area contributed by atoms with Gasteiger partial charge in [-0.15, -0.1) is 0 Å². The molecule has 4 fully saturated rings. The Kier molecular flexibility index (Phi) is 3.43. The molecule has 4 aliphatic carbocycles. The highest BCUT2D eigenvalue weighted by atomic mass is 16.6. The number of hydrogen-bond donors (Lipinski definition) is 1. The van der Waals surface area contributed by atoms with E-state index in [0.29, 0.717) is 5.92 Å². The monoisotopic (exact) mass is 293 g/mol. The molecule has 1 N–H and O–H groups in total. The molecule has 0 saturated heterocycles. The molecule has 0 spiro atoms. The molecule has 0 aromatic heterocycles. The van der Waals surface area contributed by atoms with Crippen molar-refractivity contribution in [2.45, 2.75) is 58.4 Å². The first-order valence-corrected chi connectivity index (χ1v) is 8.20. The highest BCUT2D eigenvalue weighted by molar-refractivity contribution is 5.90. The molecule has 4 saturated carbocycles. The predicted molar refractivity (Wildman–Crippen MR) is 79.4 cm³/mol. The Morgan fingerprint density at radius 2 is 1.67 bits per heavy atom. The predicted octanol–water partition coefficient (Wildman–Crippen LogP) is 2.52. The summed E-state index contributed by atoms with van der Waals surface area (Å²) in [5, 5.41) is 3.44. The lowest BCUT2D eigenvalue weighted by molar-refractivity contribution is -0.179. The van der Waals surface area contributed by atoms with E-state index in [2.05, 4.69) is 5.32 Å². The Hall–Kier alpha value is -0.900. The lowest BCUT2D eigenvalue weighted by Gasteiger charge is -2.60. The zero-order valence-corrected chi connectivity index (χ0v) is 13.6. The Morgan fingerprint density at radius 1 is 1.10 bits per heavy atom. The van der Waals surface area contributed by atoms with Crippen molar-refractivity contribution in [3.63, 3.8) is 0 Å². The van der Waals surface area contributed by atoms with Crippen molar-refractivity contribution in [3.05, 3.63) is 0 Å². The maximum absolute atomic E-state index is 12.7. The molecule has 3 unspecified atom stereocenters. The van der Waals surface area contributed by atoms with E-state index in [9.17, 15) is 9.59 Å². The number of nitrogens with one attached hydrogen (secondary N) is 1. The van der Waals surface area contributed by atoms with Crippen LogP contribution in [0.1, 0.15) is 52.9 Å². The van der Waals surface area contributed by atoms with Crippen molar-refractivity contribution in [3.8, 4) is 0 Å². The highest BCUT2D eigenvalue weighted by Gasteiger charge is 2.59. The summed E-state index contributed by atoms with van der Waals surface area (Å²) in [4.78, 5) is 24.7. The van der Waals surface area contributed by atoms with Crippen LogP contribution in [0.3, 0.4) is 0 Å². The van der Waals surface area contributed by atoms with E-state index < -0.39 is 11.4 Å². The SMILES string of the molecule is CNC12CC3CC(CC(C3)C1C(=O)OC(=O)C(C)(C)C)C2. The second-order valence-electron chi connectivity index (χ2n) is 8.45. The summed E-state index contributed by atoms with van der Waals surface area (Å²) in [5.41, 5.74) is -0.765. The fourth-order valence-electron chi connectivity index (χ4n) is 5.13. The fourth-order valence-corrected chi connectivity index (χ4v) is 5.13. The quantitative estimate of drug-likeness (QED) is 0.628. The highest BCUT2D eigenvalue weighted by Crippen LogP contribution is 2.58. The maximum atomic E-state index is 12.7. The van der Waals surface area contributed by atoms with Gasteiger partial charge in [-0.3, -0.25) is 9.59 Å². The zero-order valence-electron chi connectivity index (χ0n) is 13.6. The van der Waals surface area contributed by atoms with Crippen LogP contribution in [0.4, 0.5) is 0 Å². The van der Waals surface area contributed by atoms with Crippen molar-refractivity contribution in [2.75, 3.05) is 7.05 Å². The average molecular weight is 293 g/mol. The van der Waals surface area contributed by atoms with Crippen LogP contribution >= 0.6 is 0 Å². The first kappa shape index (κ1) is 15.0. The Labute approximate surface area is 127 Å². The van der Waals surface area contributed by atoms with Crippen LogP contribution in [0.15, 0.2) is 0 Å². The summed E-state index contributed by atoms with van der Waals surface area (Å²) < 4.78 is 5.25. The number of carbonyl (C=O) groups is 2.